The van der Waals surface area contributed by atoms with E-state index >= 15 is 0 Å². The molecule has 0 radical (unpaired) electrons. The molecule has 0 unspecified atom stereocenters. The molecule has 0 atom stereocenters. The first-order valence-corrected chi connectivity index (χ1v) is 8.59. The van der Waals surface area contributed by atoms with E-state index in [0.29, 0.717) is 17.5 Å². The number of carbonyl (C=O) groups excluding carboxylic acids is 2. The van der Waals surface area contributed by atoms with E-state index in [1.807, 2.05) is 13.8 Å². The standard InChI is InChI=1S/C19H25NO6.ClH/c1-6-20(7-2)8-9-25-19(23)17-11(3)13-10-14(24-5)16(22)15(12(4)21)18(13)26-17;/h10,22H,6-9H2,1-5H3;1H. The molecule has 2 aromatic rings. The van der Waals surface area contributed by atoms with Crippen LogP contribution in [-0.2, 0) is 4.74 Å². The number of fused-ring (bicyclic) bond motifs is 1. The number of nitrogens with zero attached hydrogens (tertiary/aromatic N) is 1. The van der Waals surface area contributed by atoms with E-state index in [0.717, 1.165) is 13.1 Å². The summed E-state index contributed by atoms with van der Waals surface area (Å²) in [6, 6.07) is 1.54. The van der Waals surface area contributed by atoms with Crippen LogP contribution in [0.3, 0.4) is 0 Å². The van der Waals surface area contributed by atoms with Gasteiger partial charge < -0.3 is 23.9 Å². The fraction of sp³-hybridized carbons (Fsp3) is 0.474. The van der Waals surface area contributed by atoms with Gasteiger partial charge in [-0.05, 0) is 33.0 Å². The molecule has 0 fully saturated rings. The maximum atomic E-state index is 12.4. The van der Waals surface area contributed by atoms with Crippen LogP contribution in [0.4, 0.5) is 0 Å². The van der Waals surface area contributed by atoms with E-state index in [2.05, 4.69) is 4.90 Å². The van der Waals surface area contributed by atoms with Gasteiger partial charge in [0, 0.05) is 17.5 Å². The topological polar surface area (TPSA) is 89.2 Å². The second kappa shape index (κ2) is 9.62. The number of carbonyl (C=O) groups is 2. The first-order valence-electron chi connectivity index (χ1n) is 8.59. The van der Waals surface area contributed by atoms with Crippen molar-refractivity contribution in [3.63, 3.8) is 0 Å². The van der Waals surface area contributed by atoms with Crippen LogP contribution in [0.1, 0.15) is 47.2 Å². The number of ether oxygens (including phenoxy) is 2. The number of benzene rings is 1. The van der Waals surface area contributed by atoms with Crippen LogP contribution in [0.15, 0.2) is 10.5 Å². The molecule has 1 aromatic carbocycles. The second-order valence-electron chi connectivity index (χ2n) is 5.95. The Morgan fingerprint density at radius 1 is 1.26 bits per heavy atom. The highest BCUT2D eigenvalue weighted by Gasteiger charge is 2.26. The molecule has 0 saturated heterocycles. The molecule has 150 valence electrons. The molecule has 27 heavy (non-hydrogen) atoms. The van der Waals surface area contributed by atoms with Crippen molar-refractivity contribution in [1.82, 2.24) is 4.90 Å². The molecule has 0 saturated carbocycles. The number of aryl methyl sites for hydroxylation is 1. The van der Waals surface area contributed by atoms with E-state index < -0.39 is 5.97 Å². The van der Waals surface area contributed by atoms with E-state index in [4.69, 9.17) is 13.9 Å². The fourth-order valence-corrected chi connectivity index (χ4v) is 2.87. The Morgan fingerprint density at radius 2 is 1.89 bits per heavy atom. The van der Waals surface area contributed by atoms with Crippen LogP contribution in [0.5, 0.6) is 11.5 Å². The molecule has 0 bridgehead atoms. The highest BCUT2D eigenvalue weighted by atomic mass is 35.5. The van der Waals surface area contributed by atoms with E-state index in [1.54, 1.807) is 13.0 Å². The number of methoxy groups -OCH3 is 1. The Labute approximate surface area is 164 Å². The highest BCUT2D eigenvalue weighted by Crippen LogP contribution is 2.40. The molecule has 0 amide bonds. The first-order chi connectivity index (χ1) is 12.3. The van der Waals surface area contributed by atoms with Gasteiger partial charge in [-0.1, -0.05) is 13.8 Å². The van der Waals surface area contributed by atoms with Crippen molar-refractivity contribution < 1.29 is 28.6 Å². The minimum absolute atomic E-state index is 0. The lowest BCUT2D eigenvalue weighted by Gasteiger charge is -2.17. The largest absolute Gasteiger partial charge is 0.504 e. The molecular weight excluding hydrogens is 374 g/mol. The SMILES string of the molecule is CCN(CC)CCOC(=O)c1oc2c(C(C)=O)c(O)c(OC)cc2c1C.Cl. The van der Waals surface area contributed by atoms with Crippen LogP contribution in [0.2, 0.25) is 0 Å². The minimum atomic E-state index is -0.598. The maximum Gasteiger partial charge on any atom is 0.374 e. The summed E-state index contributed by atoms with van der Waals surface area (Å²) in [6.07, 6.45) is 0. The van der Waals surface area contributed by atoms with Gasteiger partial charge in [-0.15, -0.1) is 12.4 Å². The molecule has 1 N–H and O–H groups in total. The van der Waals surface area contributed by atoms with Gasteiger partial charge >= 0.3 is 5.97 Å². The summed E-state index contributed by atoms with van der Waals surface area (Å²) in [7, 11) is 1.39. The Morgan fingerprint density at radius 3 is 2.41 bits per heavy atom. The lowest BCUT2D eigenvalue weighted by atomic mass is 10.0. The lowest BCUT2D eigenvalue weighted by molar-refractivity contribution is 0.0432. The summed E-state index contributed by atoms with van der Waals surface area (Å²) in [5.74, 6) is -1.12. The Balaban J connectivity index is 0.00000364. The van der Waals surface area contributed by atoms with Crippen molar-refractivity contribution in [3.8, 4) is 11.5 Å². The Kier molecular flexibility index (Phi) is 8.12. The van der Waals surface area contributed by atoms with E-state index in [1.165, 1.54) is 14.0 Å². The average molecular weight is 400 g/mol. The number of halogens is 1. The molecule has 0 aliphatic heterocycles. The zero-order valence-electron chi connectivity index (χ0n) is 16.2. The molecule has 7 nitrogen and oxygen atoms in total. The fourth-order valence-electron chi connectivity index (χ4n) is 2.87. The molecular formula is C19H26ClNO6. The molecule has 1 heterocycles. The molecule has 8 heteroatoms. The van der Waals surface area contributed by atoms with Gasteiger partial charge in [-0.3, -0.25) is 4.79 Å². The minimum Gasteiger partial charge on any atom is -0.504 e. The van der Waals surface area contributed by atoms with Crippen LogP contribution < -0.4 is 4.74 Å². The van der Waals surface area contributed by atoms with Crippen molar-refractivity contribution in [2.75, 3.05) is 33.4 Å². The van der Waals surface area contributed by atoms with Crippen molar-refractivity contribution in [2.45, 2.75) is 27.7 Å². The van der Waals surface area contributed by atoms with E-state index in [9.17, 15) is 14.7 Å². The number of ketones is 1. The molecule has 0 aliphatic rings. The zero-order chi connectivity index (χ0) is 19.4. The van der Waals surface area contributed by atoms with Crippen molar-refractivity contribution in [2.24, 2.45) is 0 Å². The monoisotopic (exact) mass is 399 g/mol. The van der Waals surface area contributed by atoms with Crippen LogP contribution in [0, 0.1) is 6.92 Å². The van der Waals surface area contributed by atoms with Gasteiger partial charge in [-0.2, -0.15) is 0 Å². The summed E-state index contributed by atoms with van der Waals surface area (Å²) in [4.78, 5) is 26.5. The third-order valence-electron chi connectivity index (χ3n) is 4.46. The van der Waals surface area contributed by atoms with Crippen LogP contribution in [-0.4, -0.2) is 55.1 Å². The number of Topliss-reactive ketones (excluding diaryl/α,β-unsaturated/α-hetero) is 1. The van der Waals surface area contributed by atoms with Gasteiger partial charge in [0.2, 0.25) is 5.76 Å². The summed E-state index contributed by atoms with van der Waals surface area (Å²) in [5.41, 5.74) is 0.683. The molecule has 0 aliphatic carbocycles. The summed E-state index contributed by atoms with van der Waals surface area (Å²) >= 11 is 0. The smallest absolute Gasteiger partial charge is 0.374 e. The van der Waals surface area contributed by atoms with Gasteiger partial charge in [0.25, 0.3) is 0 Å². The van der Waals surface area contributed by atoms with Gasteiger partial charge in [-0.25, -0.2) is 4.79 Å². The summed E-state index contributed by atoms with van der Waals surface area (Å²) in [6.45, 7) is 9.71. The number of phenolic OH excluding ortho intramolecular Hbond substituents is 1. The van der Waals surface area contributed by atoms with Crippen molar-refractivity contribution in [1.29, 1.82) is 0 Å². The average Bonchev–Trinajstić information content (AvgIpc) is 2.93. The molecule has 2 rings (SSSR count). The predicted octanol–water partition coefficient (Wildman–Crippen LogP) is 3.58. The number of aromatic hydroxyl groups is 1. The number of hydrogen-bond acceptors (Lipinski definition) is 7. The number of furan rings is 1. The van der Waals surface area contributed by atoms with Gasteiger partial charge in [0.1, 0.15) is 17.8 Å². The van der Waals surface area contributed by atoms with Gasteiger partial charge in [0.05, 0.1) is 7.11 Å². The van der Waals surface area contributed by atoms with Crippen LogP contribution in [0.25, 0.3) is 11.0 Å². The first kappa shape index (κ1) is 22.8. The predicted molar refractivity (Wildman–Crippen MR) is 104 cm³/mol. The Bertz CT molecular complexity index is 825. The molecule has 1 aromatic heterocycles. The van der Waals surface area contributed by atoms with E-state index in [-0.39, 0.29) is 53.2 Å². The lowest BCUT2D eigenvalue weighted by Crippen LogP contribution is -2.27. The molecule has 0 spiro atoms. The number of esters is 1. The number of likely N-dealkylation sites (N-methyl/N-ethyl adjacent to an activating group) is 1. The Hall–Kier alpha value is -2.25. The number of hydrogen-bond donors (Lipinski definition) is 1. The van der Waals surface area contributed by atoms with Crippen molar-refractivity contribution in [3.05, 3.63) is 23.0 Å². The third-order valence-corrected chi connectivity index (χ3v) is 4.46. The van der Waals surface area contributed by atoms with Crippen molar-refractivity contribution >= 4 is 35.1 Å². The highest BCUT2D eigenvalue weighted by molar-refractivity contribution is 6.10. The number of rotatable bonds is 8. The third kappa shape index (κ3) is 4.54. The second-order valence-corrected chi connectivity index (χ2v) is 5.95. The zero-order valence-corrected chi connectivity index (χ0v) is 17.1. The van der Waals surface area contributed by atoms with Crippen LogP contribution >= 0.6 is 12.4 Å². The summed E-state index contributed by atoms with van der Waals surface area (Å²) < 4.78 is 16.0. The summed E-state index contributed by atoms with van der Waals surface area (Å²) in [5, 5.41) is 10.8. The quantitative estimate of drug-likeness (QED) is 0.536. The normalized spacial score (nSPS) is 10.7. The number of phenols is 1. The maximum absolute atomic E-state index is 12.4. The van der Waals surface area contributed by atoms with Gasteiger partial charge in [0.15, 0.2) is 17.3 Å².